The van der Waals surface area contributed by atoms with Crippen LogP contribution in [-0.4, -0.2) is 63.0 Å². The molecule has 194 valence electrons. The lowest BCUT2D eigenvalue weighted by Gasteiger charge is -2.33. The summed E-state index contributed by atoms with van der Waals surface area (Å²) in [7, 11) is 3.11. The van der Waals surface area contributed by atoms with E-state index in [1.54, 1.807) is 26.4 Å². The minimum Gasteiger partial charge on any atom is -0.497 e. The van der Waals surface area contributed by atoms with Crippen LogP contribution in [0.25, 0.3) is 16.6 Å². The summed E-state index contributed by atoms with van der Waals surface area (Å²) in [5, 5.41) is 17.5. The largest absolute Gasteiger partial charge is 0.497 e. The Bertz CT molecular complexity index is 1490. The zero-order valence-corrected chi connectivity index (χ0v) is 20.5. The van der Waals surface area contributed by atoms with Gasteiger partial charge < -0.3 is 24.8 Å². The highest BCUT2D eigenvalue weighted by Crippen LogP contribution is 2.32. The van der Waals surface area contributed by atoms with E-state index >= 15 is 0 Å². The van der Waals surface area contributed by atoms with Crippen LogP contribution in [0.15, 0.2) is 30.3 Å². The van der Waals surface area contributed by atoms with Crippen LogP contribution in [0.4, 0.5) is 19.5 Å². The summed E-state index contributed by atoms with van der Waals surface area (Å²) in [5.41, 5.74) is 0.959. The highest BCUT2D eigenvalue weighted by molar-refractivity contribution is 5.92. The number of anilines is 1. The van der Waals surface area contributed by atoms with Crippen molar-refractivity contribution < 1.29 is 28.2 Å². The van der Waals surface area contributed by atoms with Gasteiger partial charge in [-0.15, -0.1) is 5.10 Å². The molecule has 0 aliphatic carbocycles. The lowest BCUT2D eigenvalue weighted by Crippen LogP contribution is -2.42. The predicted molar refractivity (Wildman–Crippen MR) is 131 cm³/mol. The number of methoxy groups -OCH3 is 2. The Morgan fingerprint density at radius 3 is 2.70 bits per heavy atom. The first-order chi connectivity index (χ1) is 17.8. The number of benzene rings is 2. The van der Waals surface area contributed by atoms with Crippen LogP contribution in [0.2, 0.25) is 0 Å². The molecule has 2 aromatic carbocycles. The molecule has 0 radical (unpaired) electrons. The molecule has 0 saturated carbocycles. The number of rotatable bonds is 6. The normalized spacial score (nSPS) is 17.8. The molecule has 37 heavy (non-hydrogen) atoms. The van der Waals surface area contributed by atoms with Crippen molar-refractivity contribution in [2.24, 2.45) is 5.92 Å². The lowest BCUT2D eigenvalue weighted by molar-refractivity contribution is 0.115. The number of nitrogens with one attached hydrogen (secondary N) is 1. The number of halogens is 2. The lowest BCUT2D eigenvalue weighted by atomic mass is 9.90. The molecule has 0 bridgehead atoms. The highest BCUT2D eigenvalue weighted by Gasteiger charge is 2.32. The summed E-state index contributed by atoms with van der Waals surface area (Å²) in [4.78, 5) is 22.0. The van der Waals surface area contributed by atoms with Crippen molar-refractivity contribution in [2.75, 3.05) is 32.6 Å². The van der Waals surface area contributed by atoms with Gasteiger partial charge in [0.05, 0.1) is 19.6 Å². The van der Waals surface area contributed by atoms with E-state index in [0.29, 0.717) is 30.3 Å². The number of carboxylic acid groups (broad SMARTS) is 1. The molecule has 10 nitrogen and oxygen atoms in total. The number of aromatic nitrogens is 4. The van der Waals surface area contributed by atoms with Crippen molar-refractivity contribution in [2.45, 2.75) is 25.8 Å². The third kappa shape index (κ3) is 4.66. The first-order valence-corrected chi connectivity index (χ1v) is 11.8. The van der Waals surface area contributed by atoms with E-state index in [-0.39, 0.29) is 47.4 Å². The Morgan fingerprint density at radius 1 is 1.16 bits per heavy atom. The molecule has 2 aromatic heterocycles. The van der Waals surface area contributed by atoms with Crippen LogP contribution in [-0.2, 0) is 6.54 Å². The average Bonchev–Trinajstić information content (AvgIpc) is 3.33. The molecule has 12 heteroatoms. The smallest absolute Gasteiger partial charge is 0.407 e. The van der Waals surface area contributed by atoms with Gasteiger partial charge in [0.2, 0.25) is 5.95 Å². The van der Waals surface area contributed by atoms with Crippen LogP contribution < -0.4 is 14.8 Å². The standard InChI is InChI=1S/C25H26F2N6O4/c1-13-6-15(12-32(11-13)25(34)35)22-30-23-18-7-16(26)8-19(27)21(18)29-24(33(23)31-22)28-10-14-4-5-17(36-2)9-20(14)37-3/h4-5,7-9,13,15H,6,10-12H2,1-3H3,(H,28,29)(H,34,35)/t13-,15-/m1/s1. The molecule has 1 saturated heterocycles. The Hall–Kier alpha value is -4.22. The third-order valence-corrected chi connectivity index (χ3v) is 6.54. The van der Waals surface area contributed by atoms with Gasteiger partial charge in [0.1, 0.15) is 22.8 Å². The maximum atomic E-state index is 14.8. The van der Waals surface area contributed by atoms with Gasteiger partial charge >= 0.3 is 6.09 Å². The first-order valence-electron chi connectivity index (χ1n) is 11.8. The van der Waals surface area contributed by atoms with Gasteiger partial charge in [-0.25, -0.2) is 23.5 Å². The van der Waals surface area contributed by atoms with Crippen LogP contribution in [0.1, 0.15) is 30.7 Å². The van der Waals surface area contributed by atoms with Crippen molar-refractivity contribution in [1.29, 1.82) is 0 Å². The minimum atomic E-state index is -1.01. The van der Waals surface area contributed by atoms with Gasteiger partial charge in [0.25, 0.3) is 0 Å². The fourth-order valence-corrected chi connectivity index (χ4v) is 4.81. The molecule has 1 aliphatic heterocycles. The predicted octanol–water partition coefficient (Wildman–Crippen LogP) is 4.29. The van der Waals surface area contributed by atoms with E-state index in [2.05, 4.69) is 20.4 Å². The summed E-state index contributed by atoms with van der Waals surface area (Å²) in [6.07, 6.45) is -0.326. The van der Waals surface area contributed by atoms with Crippen LogP contribution in [0.5, 0.6) is 11.5 Å². The number of hydrogen-bond donors (Lipinski definition) is 2. The number of fused-ring (bicyclic) bond motifs is 3. The van der Waals surface area contributed by atoms with E-state index in [4.69, 9.17) is 9.47 Å². The zero-order chi connectivity index (χ0) is 26.3. The monoisotopic (exact) mass is 512 g/mol. The Kier molecular flexibility index (Phi) is 6.40. The number of piperidine rings is 1. The second kappa shape index (κ2) is 9.68. The molecule has 2 N–H and O–H groups in total. The second-order valence-electron chi connectivity index (χ2n) is 9.18. The van der Waals surface area contributed by atoms with Crippen molar-refractivity contribution in [3.05, 3.63) is 53.4 Å². The molecule has 4 aromatic rings. The molecule has 1 amide bonds. The van der Waals surface area contributed by atoms with Crippen molar-refractivity contribution in [3.63, 3.8) is 0 Å². The molecule has 1 aliphatic rings. The van der Waals surface area contributed by atoms with Gasteiger partial charge in [0, 0.05) is 43.2 Å². The van der Waals surface area contributed by atoms with E-state index in [1.165, 1.54) is 15.5 Å². The van der Waals surface area contributed by atoms with Gasteiger partial charge in [-0.3, -0.25) is 0 Å². The number of carbonyl (C=O) groups is 1. The maximum absolute atomic E-state index is 14.8. The highest BCUT2D eigenvalue weighted by atomic mass is 19.1. The molecular weight excluding hydrogens is 486 g/mol. The van der Waals surface area contributed by atoms with Gasteiger partial charge in [0.15, 0.2) is 17.3 Å². The van der Waals surface area contributed by atoms with E-state index in [9.17, 15) is 18.7 Å². The Labute approximate surface area is 210 Å². The van der Waals surface area contributed by atoms with Crippen molar-refractivity contribution in [3.8, 4) is 11.5 Å². The molecule has 5 rings (SSSR count). The summed E-state index contributed by atoms with van der Waals surface area (Å²) < 4.78 is 41.1. The Balaban J connectivity index is 1.58. The summed E-state index contributed by atoms with van der Waals surface area (Å²) in [6, 6.07) is 7.30. The molecule has 0 spiro atoms. The van der Waals surface area contributed by atoms with E-state index < -0.39 is 17.7 Å². The minimum absolute atomic E-state index is 0.0544. The van der Waals surface area contributed by atoms with E-state index in [1.807, 2.05) is 13.0 Å². The number of hydrogen-bond acceptors (Lipinski definition) is 7. The summed E-state index contributed by atoms with van der Waals surface area (Å²) in [6.45, 7) is 2.88. The summed E-state index contributed by atoms with van der Waals surface area (Å²) >= 11 is 0. The van der Waals surface area contributed by atoms with Gasteiger partial charge in [-0.2, -0.15) is 4.52 Å². The van der Waals surface area contributed by atoms with Crippen LogP contribution >= 0.6 is 0 Å². The Morgan fingerprint density at radius 2 is 1.97 bits per heavy atom. The quantitative estimate of drug-likeness (QED) is 0.393. The number of amides is 1. The zero-order valence-electron chi connectivity index (χ0n) is 20.5. The molecule has 3 heterocycles. The topological polar surface area (TPSA) is 114 Å². The van der Waals surface area contributed by atoms with E-state index in [0.717, 1.165) is 11.6 Å². The molecule has 1 fully saturated rings. The SMILES string of the molecule is COc1ccc(CNc2nc3c(F)cc(F)cc3c3nc([C@@H]4C[C@@H](C)CN(C(=O)O)C4)nn23)c(OC)c1. The molecule has 0 unspecified atom stereocenters. The fourth-order valence-electron chi connectivity index (χ4n) is 4.81. The summed E-state index contributed by atoms with van der Waals surface area (Å²) in [5.74, 6) is 0.0515. The number of ether oxygens (including phenoxy) is 2. The van der Waals surface area contributed by atoms with Crippen molar-refractivity contribution >= 4 is 28.6 Å². The van der Waals surface area contributed by atoms with Crippen LogP contribution in [0, 0.1) is 17.6 Å². The second-order valence-corrected chi connectivity index (χ2v) is 9.18. The average molecular weight is 513 g/mol. The van der Waals surface area contributed by atoms with Crippen LogP contribution in [0.3, 0.4) is 0 Å². The maximum Gasteiger partial charge on any atom is 0.407 e. The van der Waals surface area contributed by atoms with Gasteiger partial charge in [-0.05, 0) is 30.5 Å². The fraction of sp³-hybridized carbons (Fsp3) is 0.360. The molecule has 2 atom stereocenters. The first kappa shape index (κ1) is 24.5. The number of likely N-dealkylation sites (tertiary alicyclic amines) is 1. The molecular formula is C25H26F2N6O4. The van der Waals surface area contributed by atoms with Gasteiger partial charge in [-0.1, -0.05) is 6.92 Å². The third-order valence-electron chi connectivity index (χ3n) is 6.54. The number of nitrogens with zero attached hydrogens (tertiary/aromatic N) is 5. The van der Waals surface area contributed by atoms with Crippen molar-refractivity contribution in [1.82, 2.24) is 24.5 Å².